The van der Waals surface area contributed by atoms with Gasteiger partial charge in [-0.3, -0.25) is 4.79 Å². The first kappa shape index (κ1) is 14.8. The van der Waals surface area contributed by atoms with Gasteiger partial charge in [0.25, 0.3) is 5.91 Å². The smallest absolute Gasteiger partial charge is 0.254 e. The third kappa shape index (κ3) is 3.70. The number of nitrogens with two attached hydrogens (primary N) is 1. The number of anilines is 1. The van der Waals surface area contributed by atoms with Crippen LogP contribution < -0.4 is 11.3 Å². The standard InChI is InChI=1S/C15H24N4O/c1-3-5-13-8-12(9-14(17-13)18-16)15(20)19(4-2)10-11-6-7-11/h8-9,11H,3-7,10,16H2,1-2H3,(H,17,18). The van der Waals surface area contributed by atoms with E-state index in [-0.39, 0.29) is 5.91 Å². The molecule has 5 nitrogen and oxygen atoms in total. The van der Waals surface area contributed by atoms with E-state index >= 15 is 0 Å². The topological polar surface area (TPSA) is 71.2 Å². The number of aryl methyl sites for hydroxylation is 1. The molecule has 1 aliphatic carbocycles. The molecule has 2 rings (SSSR count). The van der Waals surface area contributed by atoms with Gasteiger partial charge in [-0.15, -0.1) is 0 Å². The number of amides is 1. The van der Waals surface area contributed by atoms with E-state index in [4.69, 9.17) is 5.84 Å². The molecule has 1 aromatic heterocycles. The molecule has 1 fully saturated rings. The molecule has 1 amide bonds. The molecule has 0 aromatic carbocycles. The second-order valence-corrected chi connectivity index (χ2v) is 5.41. The molecular formula is C15H24N4O. The minimum absolute atomic E-state index is 0.0793. The average Bonchev–Trinajstić information content (AvgIpc) is 3.28. The van der Waals surface area contributed by atoms with Crippen LogP contribution in [0, 0.1) is 5.92 Å². The highest BCUT2D eigenvalue weighted by atomic mass is 16.2. The van der Waals surface area contributed by atoms with Gasteiger partial charge in [0.05, 0.1) is 0 Å². The van der Waals surface area contributed by atoms with Crippen LogP contribution in [0.1, 0.15) is 49.2 Å². The molecule has 1 aromatic rings. The molecule has 3 N–H and O–H groups in total. The molecule has 1 saturated carbocycles. The Bertz CT molecular complexity index is 471. The normalized spacial score (nSPS) is 14.2. The maximum absolute atomic E-state index is 12.6. The zero-order valence-electron chi connectivity index (χ0n) is 12.4. The van der Waals surface area contributed by atoms with E-state index < -0.39 is 0 Å². The summed E-state index contributed by atoms with van der Waals surface area (Å²) in [7, 11) is 0. The van der Waals surface area contributed by atoms with Crippen LogP contribution in [0.2, 0.25) is 0 Å². The number of hydrogen-bond acceptors (Lipinski definition) is 4. The summed E-state index contributed by atoms with van der Waals surface area (Å²) in [4.78, 5) is 18.9. The maximum Gasteiger partial charge on any atom is 0.254 e. The van der Waals surface area contributed by atoms with Gasteiger partial charge in [-0.05, 0) is 44.2 Å². The SMILES string of the molecule is CCCc1cc(C(=O)N(CC)CC2CC2)cc(NN)n1. The number of rotatable bonds is 7. The molecule has 0 saturated heterocycles. The lowest BCUT2D eigenvalue weighted by atomic mass is 10.1. The fourth-order valence-corrected chi connectivity index (χ4v) is 2.32. The third-order valence-electron chi connectivity index (χ3n) is 3.62. The Hall–Kier alpha value is -1.62. The van der Waals surface area contributed by atoms with Crippen molar-refractivity contribution < 1.29 is 4.79 Å². The number of nitrogen functional groups attached to an aromatic ring is 1. The van der Waals surface area contributed by atoms with E-state index in [1.54, 1.807) is 6.07 Å². The predicted octanol–water partition coefficient (Wildman–Crippen LogP) is 2.19. The van der Waals surface area contributed by atoms with Gasteiger partial charge in [-0.1, -0.05) is 13.3 Å². The second-order valence-electron chi connectivity index (χ2n) is 5.41. The highest BCUT2D eigenvalue weighted by Crippen LogP contribution is 2.30. The Morgan fingerprint density at radius 3 is 2.75 bits per heavy atom. The van der Waals surface area contributed by atoms with Crippen LogP contribution in [-0.4, -0.2) is 28.9 Å². The van der Waals surface area contributed by atoms with Crippen LogP contribution in [-0.2, 0) is 6.42 Å². The van der Waals surface area contributed by atoms with Gasteiger partial charge in [0.15, 0.2) is 0 Å². The van der Waals surface area contributed by atoms with Crippen LogP contribution in [0.3, 0.4) is 0 Å². The number of hydrazine groups is 1. The molecule has 1 aliphatic rings. The highest BCUT2D eigenvalue weighted by Gasteiger charge is 2.26. The maximum atomic E-state index is 12.6. The van der Waals surface area contributed by atoms with Crippen LogP contribution in [0.4, 0.5) is 5.82 Å². The van der Waals surface area contributed by atoms with Crippen molar-refractivity contribution in [2.75, 3.05) is 18.5 Å². The Kier molecular flexibility index (Phi) is 4.95. The van der Waals surface area contributed by atoms with Gasteiger partial charge >= 0.3 is 0 Å². The van der Waals surface area contributed by atoms with E-state index in [1.165, 1.54) is 12.8 Å². The summed E-state index contributed by atoms with van der Waals surface area (Å²) in [6, 6.07) is 3.62. The second kappa shape index (κ2) is 6.70. The Morgan fingerprint density at radius 2 is 2.20 bits per heavy atom. The van der Waals surface area contributed by atoms with Crippen molar-refractivity contribution in [2.24, 2.45) is 11.8 Å². The number of carbonyl (C=O) groups excluding carboxylic acids is 1. The quantitative estimate of drug-likeness (QED) is 0.591. The molecule has 0 atom stereocenters. The zero-order chi connectivity index (χ0) is 14.5. The highest BCUT2D eigenvalue weighted by molar-refractivity contribution is 5.95. The molecule has 5 heteroatoms. The van der Waals surface area contributed by atoms with E-state index in [1.807, 2.05) is 17.9 Å². The molecule has 0 spiro atoms. The number of nitrogens with one attached hydrogen (secondary N) is 1. The van der Waals surface area contributed by atoms with Crippen molar-refractivity contribution in [2.45, 2.75) is 39.5 Å². The van der Waals surface area contributed by atoms with Crippen molar-refractivity contribution in [3.8, 4) is 0 Å². The fourth-order valence-electron chi connectivity index (χ4n) is 2.32. The van der Waals surface area contributed by atoms with Crippen molar-refractivity contribution in [3.63, 3.8) is 0 Å². The van der Waals surface area contributed by atoms with E-state index in [0.29, 0.717) is 17.3 Å². The summed E-state index contributed by atoms with van der Waals surface area (Å²) < 4.78 is 0. The summed E-state index contributed by atoms with van der Waals surface area (Å²) >= 11 is 0. The van der Waals surface area contributed by atoms with Crippen LogP contribution in [0.15, 0.2) is 12.1 Å². The van der Waals surface area contributed by atoms with E-state index in [2.05, 4.69) is 17.3 Å². The summed E-state index contributed by atoms with van der Waals surface area (Å²) in [6.07, 6.45) is 4.34. The Morgan fingerprint density at radius 1 is 1.45 bits per heavy atom. The van der Waals surface area contributed by atoms with Crippen molar-refractivity contribution in [1.29, 1.82) is 0 Å². The molecule has 20 heavy (non-hydrogen) atoms. The predicted molar refractivity (Wildman–Crippen MR) is 80.3 cm³/mol. The molecule has 0 unspecified atom stereocenters. The molecular weight excluding hydrogens is 252 g/mol. The summed E-state index contributed by atoms with van der Waals surface area (Å²) in [5, 5.41) is 0. The van der Waals surface area contributed by atoms with Crippen molar-refractivity contribution in [1.82, 2.24) is 9.88 Å². The fraction of sp³-hybridized carbons (Fsp3) is 0.600. The molecule has 0 aliphatic heterocycles. The molecule has 1 heterocycles. The minimum atomic E-state index is 0.0793. The van der Waals surface area contributed by atoms with Crippen LogP contribution in [0.5, 0.6) is 0 Å². The van der Waals surface area contributed by atoms with Gasteiger partial charge in [-0.2, -0.15) is 0 Å². The van der Waals surface area contributed by atoms with Crippen molar-refractivity contribution in [3.05, 3.63) is 23.4 Å². The number of carbonyl (C=O) groups is 1. The first-order valence-electron chi connectivity index (χ1n) is 7.44. The molecule has 110 valence electrons. The number of aromatic nitrogens is 1. The van der Waals surface area contributed by atoms with Crippen LogP contribution >= 0.6 is 0 Å². The van der Waals surface area contributed by atoms with Gasteiger partial charge in [-0.25, -0.2) is 10.8 Å². The lowest BCUT2D eigenvalue weighted by Gasteiger charge is -2.21. The Balaban J connectivity index is 2.19. The lowest BCUT2D eigenvalue weighted by molar-refractivity contribution is 0.0756. The average molecular weight is 276 g/mol. The zero-order valence-corrected chi connectivity index (χ0v) is 12.4. The van der Waals surface area contributed by atoms with Crippen molar-refractivity contribution >= 4 is 11.7 Å². The van der Waals surface area contributed by atoms with Crippen LogP contribution in [0.25, 0.3) is 0 Å². The first-order valence-corrected chi connectivity index (χ1v) is 7.44. The van der Waals surface area contributed by atoms with Gasteiger partial charge < -0.3 is 10.3 Å². The lowest BCUT2D eigenvalue weighted by Crippen LogP contribution is -2.33. The minimum Gasteiger partial charge on any atom is -0.339 e. The summed E-state index contributed by atoms with van der Waals surface area (Å²) in [5.41, 5.74) is 4.14. The molecule has 0 bridgehead atoms. The monoisotopic (exact) mass is 276 g/mol. The molecule has 0 radical (unpaired) electrons. The number of pyridine rings is 1. The van der Waals surface area contributed by atoms with Gasteiger partial charge in [0.1, 0.15) is 5.82 Å². The first-order chi connectivity index (χ1) is 9.67. The summed E-state index contributed by atoms with van der Waals surface area (Å²) in [5.74, 6) is 6.78. The van der Waals surface area contributed by atoms with Gasteiger partial charge in [0, 0.05) is 24.3 Å². The van der Waals surface area contributed by atoms with E-state index in [9.17, 15) is 4.79 Å². The van der Waals surface area contributed by atoms with Gasteiger partial charge in [0.2, 0.25) is 0 Å². The number of hydrogen-bond donors (Lipinski definition) is 2. The Labute approximate surface area is 120 Å². The number of nitrogens with zero attached hydrogens (tertiary/aromatic N) is 2. The third-order valence-corrected chi connectivity index (χ3v) is 3.62. The largest absolute Gasteiger partial charge is 0.339 e. The van der Waals surface area contributed by atoms with E-state index in [0.717, 1.165) is 31.6 Å². The summed E-state index contributed by atoms with van der Waals surface area (Å²) in [6.45, 7) is 5.73.